The second-order valence-corrected chi connectivity index (χ2v) is 10.4. The van der Waals surface area contributed by atoms with Gasteiger partial charge in [-0.25, -0.2) is 18.0 Å². The molecule has 11 nitrogen and oxygen atoms in total. The van der Waals surface area contributed by atoms with Gasteiger partial charge in [0, 0.05) is 38.9 Å². The number of anilines is 1. The van der Waals surface area contributed by atoms with E-state index in [0.717, 1.165) is 0 Å². The number of morpholine rings is 1. The Balaban J connectivity index is 1.48. The highest BCUT2D eigenvalue weighted by Crippen LogP contribution is 2.49. The number of likely N-dealkylation sites (tertiary alicyclic amines) is 1. The van der Waals surface area contributed by atoms with E-state index in [0.29, 0.717) is 0 Å². The van der Waals surface area contributed by atoms with Gasteiger partial charge in [-0.05, 0) is 25.5 Å². The number of piperidine rings is 1. The van der Waals surface area contributed by atoms with E-state index in [9.17, 15) is 28.0 Å². The number of hydrogen-bond acceptors (Lipinski definition) is 8. The SMILES string of the molecule is C[C@H]1CN2c3c(cc4c(C(=O)N5CCC(F)(F)CC5)noc4c3F)CC3(C(=O)NC(=O)NC3=O)[C@@H]2[C@@H](C)O1. The molecule has 2 aromatic rings. The number of rotatable bonds is 1. The molecule has 3 saturated heterocycles. The summed E-state index contributed by atoms with van der Waals surface area (Å²) < 4.78 is 54.5. The Morgan fingerprint density at radius 3 is 2.45 bits per heavy atom. The molecular weight excluding hydrogens is 511 g/mol. The summed E-state index contributed by atoms with van der Waals surface area (Å²) in [6.45, 7) is 3.16. The largest absolute Gasteiger partial charge is 0.372 e. The van der Waals surface area contributed by atoms with Crippen molar-refractivity contribution in [2.45, 2.75) is 57.3 Å². The van der Waals surface area contributed by atoms with Crippen molar-refractivity contribution in [2.24, 2.45) is 5.41 Å². The molecule has 0 radical (unpaired) electrons. The highest BCUT2D eigenvalue weighted by molar-refractivity contribution is 6.20. The van der Waals surface area contributed by atoms with Crippen LogP contribution in [0.3, 0.4) is 0 Å². The normalized spacial score (nSPS) is 28.1. The van der Waals surface area contributed by atoms with Crippen LogP contribution in [-0.2, 0) is 20.7 Å². The van der Waals surface area contributed by atoms with Crippen LogP contribution < -0.4 is 15.5 Å². The van der Waals surface area contributed by atoms with Gasteiger partial charge in [-0.3, -0.25) is 25.0 Å². The molecule has 2 N–H and O–H groups in total. The first-order valence-corrected chi connectivity index (χ1v) is 12.3. The summed E-state index contributed by atoms with van der Waals surface area (Å²) in [6, 6.07) is -0.470. The quantitative estimate of drug-likeness (QED) is 0.528. The number of carbonyl (C=O) groups is 4. The van der Waals surface area contributed by atoms with E-state index in [4.69, 9.17) is 9.26 Å². The van der Waals surface area contributed by atoms with Crippen molar-refractivity contribution in [3.05, 3.63) is 23.1 Å². The zero-order valence-electron chi connectivity index (χ0n) is 20.5. The topological polar surface area (TPSA) is 134 Å². The molecule has 0 unspecified atom stereocenters. The summed E-state index contributed by atoms with van der Waals surface area (Å²) in [5, 5.41) is 8.08. The number of fused-ring (bicyclic) bond motifs is 5. The van der Waals surface area contributed by atoms with Crippen LogP contribution in [0.2, 0.25) is 0 Å². The van der Waals surface area contributed by atoms with Crippen molar-refractivity contribution in [3.8, 4) is 0 Å². The van der Waals surface area contributed by atoms with Crippen LogP contribution in [0.1, 0.15) is 42.7 Å². The first-order chi connectivity index (χ1) is 17.9. The number of urea groups is 1. The molecule has 5 amide bonds. The van der Waals surface area contributed by atoms with Crippen molar-refractivity contribution in [1.29, 1.82) is 0 Å². The Hall–Kier alpha value is -3.68. The van der Waals surface area contributed by atoms with Crippen molar-refractivity contribution in [2.75, 3.05) is 24.5 Å². The third-order valence-electron chi connectivity index (χ3n) is 7.95. The van der Waals surface area contributed by atoms with Gasteiger partial charge in [0.15, 0.2) is 16.9 Å². The summed E-state index contributed by atoms with van der Waals surface area (Å²) in [5.41, 5.74) is -2.07. The number of carbonyl (C=O) groups excluding carboxylic acids is 4. The average molecular weight is 535 g/mol. The lowest BCUT2D eigenvalue weighted by Gasteiger charge is -2.55. The maximum absolute atomic E-state index is 16.1. The first-order valence-electron chi connectivity index (χ1n) is 12.3. The molecule has 38 heavy (non-hydrogen) atoms. The Kier molecular flexibility index (Phi) is 5.29. The molecule has 3 atom stereocenters. The third kappa shape index (κ3) is 3.42. The van der Waals surface area contributed by atoms with Crippen LogP contribution in [0, 0.1) is 11.2 Å². The molecule has 1 aromatic carbocycles. The van der Waals surface area contributed by atoms with Gasteiger partial charge in [0.25, 0.3) is 11.8 Å². The Morgan fingerprint density at radius 2 is 1.79 bits per heavy atom. The number of hydrogen-bond donors (Lipinski definition) is 2. The van der Waals surface area contributed by atoms with Gasteiger partial charge < -0.3 is 19.1 Å². The number of nitrogens with one attached hydrogen (secondary N) is 2. The number of barbiturate groups is 1. The zero-order valence-corrected chi connectivity index (χ0v) is 20.5. The lowest BCUT2D eigenvalue weighted by Crippen LogP contribution is -2.75. The van der Waals surface area contributed by atoms with Crippen molar-refractivity contribution in [1.82, 2.24) is 20.7 Å². The number of imide groups is 2. The van der Waals surface area contributed by atoms with E-state index in [1.165, 1.54) is 11.0 Å². The van der Waals surface area contributed by atoms with Gasteiger partial charge in [0.1, 0.15) is 0 Å². The Bertz CT molecular complexity index is 1380. The molecule has 3 fully saturated rings. The molecule has 0 aliphatic carbocycles. The van der Waals surface area contributed by atoms with E-state index in [-0.39, 0.29) is 60.1 Å². The number of nitrogens with zero attached hydrogens (tertiary/aromatic N) is 3. The smallest absolute Gasteiger partial charge is 0.328 e. The molecule has 5 heterocycles. The lowest BCUT2D eigenvalue weighted by molar-refractivity contribution is -0.153. The minimum atomic E-state index is -2.87. The van der Waals surface area contributed by atoms with Gasteiger partial charge >= 0.3 is 6.03 Å². The molecule has 202 valence electrons. The first kappa shape index (κ1) is 24.6. The van der Waals surface area contributed by atoms with E-state index in [1.54, 1.807) is 18.7 Å². The van der Waals surface area contributed by atoms with Crippen molar-refractivity contribution < 1.29 is 41.6 Å². The van der Waals surface area contributed by atoms with E-state index >= 15 is 4.39 Å². The molecule has 4 aliphatic rings. The molecule has 1 spiro atoms. The number of alkyl halides is 2. The van der Waals surface area contributed by atoms with Crippen LogP contribution in [0.25, 0.3) is 11.0 Å². The van der Waals surface area contributed by atoms with E-state index in [2.05, 4.69) is 15.8 Å². The number of amides is 5. The van der Waals surface area contributed by atoms with E-state index in [1.807, 2.05) is 0 Å². The second-order valence-electron chi connectivity index (χ2n) is 10.4. The maximum Gasteiger partial charge on any atom is 0.328 e. The number of benzene rings is 1. The van der Waals surface area contributed by atoms with Gasteiger partial charge in [-0.15, -0.1) is 0 Å². The Labute approximate surface area is 213 Å². The molecule has 0 saturated carbocycles. The lowest BCUT2D eigenvalue weighted by atomic mass is 9.66. The summed E-state index contributed by atoms with van der Waals surface area (Å²) in [5.74, 6) is -6.06. The Morgan fingerprint density at radius 1 is 1.13 bits per heavy atom. The summed E-state index contributed by atoms with van der Waals surface area (Å²) in [6.07, 6.45) is -2.38. The molecule has 1 aromatic heterocycles. The fourth-order valence-corrected chi connectivity index (χ4v) is 6.29. The third-order valence-corrected chi connectivity index (χ3v) is 7.95. The minimum Gasteiger partial charge on any atom is -0.372 e. The van der Waals surface area contributed by atoms with Gasteiger partial charge in [-0.2, -0.15) is 0 Å². The monoisotopic (exact) mass is 535 g/mol. The van der Waals surface area contributed by atoms with Crippen LogP contribution in [-0.4, -0.2) is 77.6 Å². The fourth-order valence-electron chi connectivity index (χ4n) is 6.29. The predicted octanol–water partition coefficient (Wildman–Crippen LogP) is 1.73. The molecular formula is C24H24F3N5O6. The average Bonchev–Trinajstić information content (AvgIpc) is 3.25. The van der Waals surface area contributed by atoms with Gasteiger partial charge in [0.05, 0.1) is 29.3 Å². The fraction of sp³-hybridized carbons (Fsp3) is 0.542. The number of ether oxygens (including phenoxy) is 1. The molecule has 4 aliphatic heterocycles. The summed E-state index contributed by atoms with van der Waals surface area (Å²) in [7, 11) is 0. The predicted molar refractivity (Wildman–Crippen MR) is 123 cm³/mol. The molecule has 6 rings (SSSR count). The summed E-state index contributed by atoms with van der Waals surface area (Å²) in [4.78, 5) is 54.4. The van der Waals surface area contributed by atoms with Crippen LogP contribution in [0.4, 0.5) is 23.7 Å². The van der Waals surface area contributed by atoms with Crippen LogP contribution in [0.5, 0.6) is 0 Å². The van der Waals surface area contributed by atoms with Gasteiger partial charge in [-0.1, -0.05) is 5.16 Å². The van der Waals surface area contributed by atoms with Crippen molar-refractivity contribution >= 4 is 40.4 Å². The minimum absolute atomic E-state index is 0.000702. The van der Waals surface area contributed by atoms with E-state index < -0.39 is 65.9 Å². The summed E-state index contributed by atoms with van der Waals surface area (Å²) >= 11 is 0. The highest BCUT2D eigenvalue weighted by atomic mass is 19.3. The number of aromatic nitrogens is 1. The van der Waals surface area contributed by atoms with Crippen LogP contribution in [0.15, 0.2) is 10.6 Å². The standard InChI is InChI=1S/C24H24F3N5O6/c1-10-9-32-16-12(8-24(18(32)11(2)37-10)20(34)28-22(36)29-21(24)35)7-13-15(30-38-17(13)14(16)25)19(33)31-5-3-23(26,27)4-6-31/h7,10-11,18H,3-6,8-9H2,1-2H3,(H2,28,29,34,35,36)/t10-,11+,18-/m0/s1. The number of halogens is 3. The van der Waals surface area contributed by atoms with Gasteiger partial charge in [0.2, 0.25) is 17.4 Å². The highest BCUT2D eigenvalue weighted by Gasteiger charge is 2.63. The molecule has 14 heteroatoms. The molecule has 0 bridgehead atoms. The zero-order chi connectivity index (χ0) is 27.1. The second kappa shape index (κ2) is 8.16. The maximum atomic E-state index is 16.1. The van der Waals surface area contributed by atoms with Crippen molar-refractivity contribution in [3.63, 3.8) is 0 Å². The van der Waals surface area contributed by atoms with Crippen LogP contribution >= 0.6 is 0 Å².